The van der Waals surface area contributed by atoms with Crippen LogP contribution in [0.15, 0.2) is 24.3 Å². The fourth-order valence-electron chi connectivity index (χ4n) is 1.86. The number of rotatable bonds is 3. The predicted octanol–water partition coefficient (Wildman–Crippen LogP) is 3.82. The van der Waals surface area contributed by atoms with Crippen molar-refractivity contribution in [3.8, 4) is 0 Å². The standard InChI is InChI=1S/C14H21N/c1-5-7-10(3)13-8-11(4)14(15)12(6-2)9-13/h5,7-10H,6,15H2,1-4H3/b7-5+. The summed E-state index contributed by atoms with van der Waals surface area (Å²) in [5.74, 6) is 0.472. The highest BCUT2D eigenvalue weighted by molar-refractivity contribution is 5.55. The van der Waals surface area contributed by atoms with Crippen LogP contribution in [0.1, 0.15) is 43.4 Å². The highest BCUT2D eigenvalue weighted by Crippen LogP contribution is 2.25. The SMILES string of the molecule is C/C=C/C(C)c1cc(C)c(N)c(CC)c1. The Morgan fingerprint density at radius 2 is 2.07 bits per heavy atom. The number of allylic oxidation sites excluding steroid dienone is 2. The first-order chi connectivity index (χ1) is 7.10. The van der Waals surface area contributed by atoms with Gasteiger partial charge in [0.2, 0.25) is 0 Å². The molecular weight excluding hydrogens is 182 g/mol. The average Bonchev–Trinajstić information content (AvgIpc) is 2.22. The number of aryl methyl sites for hydroxylation is 2. The minimum atomic E-state index is 0.472. The summed E-state index contributed by atoms with van der Waals surface area (Å²) in [5.41, 5.74) is 10.8. The van der Waals surface area contributed by atoms with E-state index in [-0.39, 0.29) is 0 Å². The molecule has 0 radical (unpaired) electrons. The summed E-state index contributed by atoms with van der Waals surface area (Å²) < 4.78 is 0. The van der Waals surface area contributed by atoms with Gasteiger partial charge in [-0.25, -0.2) is 0 Å². The second-order valence-electron chi connectivity index (χ2n) is 4.08. The molecule has 0 aliphatic heterocycles. The molecule has 0 bridgehead atoms. The van der Waals surface area contributed by atoms with Gasteiger partial charge in [-0.2, -0.15) is 0 Å². The number of benzene rings is 1. The Hall–Kier alpha value is -1.24. The zero-order valence-corrected chi connectivity index (χ0v) is 10.2. The van der Waals surface area contributed by atoms with Crippen LogP contribution in [-0.4, -0.2) is 0 Å². The molecule has 0 spiro atoms. The lowest BCUT2D eigenvalue weighted by atomic mass is 9.94. The Morgan fingerprint density at radius 1 is 1.40 bits per heavy atom. The minimum absolute atomic E-state index is 0.472. The molecule has 1 aromatic carbocycles. The van der Waals surface area contributed by atoms with Crippen LogP contribution < -0.4 is 5.73 Å². The molecule has 0 saturated carbocycles. The molecule has 0 saturated heterocycles. The summed E-state index contributed by atoms with van der Waals surface area (Å²) in [6.07, 6.45) is 5.31. The topological polar surface area (TPSA) is 26.0 Å². The third-order valence-corrected chi connectivity index (χ3v) is 2.88. The molecular formula is C14H21N. The Kier molecular flexibility index (Phi) is 3.96. The van der Waals surface area contributed by atoms with E-state index in [9.17, 15) is 0 Å². The fraction of sp³-hybridized carbons (Fsp3) is 0.429. The van der Waals surface area contributed by atoms with Gasteiger partial charge in [0.15, 0.2) is 0 Å². The van der Waals surface area contributed by atoms with E-state index in [0.717, 1.165) is 12.1 Å². The van der Waals surface area contributed by atoms with Gasteiger partial charge >= 0.3 is 0 Å². The Balaban J connectivity index is 3.16. The lowest BCUT2D eigenvalue weighted by Gasteiger charge is -2.13. The van der Waals surface area contributed by atoms with E-state index in [1.54, 1.807) is 0 Å². The number of hydrogen-bond donors (Lipinski definition) is 1. The first-order valence-corrected chi connectivity index (χ1v) is 5.61. The van der Waals surface area contributed by atoms with Crippen molar-refractivity contribution in [3.05, 3.63) is 41.0 Å². The lowest BCUT2D eigenvalue weighted by molar-refractivity contribution is 0.953. The maximum atomic E-state index is 6.02. The van der Waals surface area contributed by atoms with E-state index in [4.69, 9.17) is 5.73 Å². The second-order valence-corrected chi connectivity index (χ2v) is 4.08. The molecule has 1 unspecified atom stereocenters. The van der Waals surface area contributed by atoms with Crippen molar-refractivity contribution in [1.82, 2.24) is 0 Å². The van der Waals surface area contributed by atoms with E-state index < -0.39 is 0 Å². The van der Waals surface area contributed by atoms with Crippen molar-refractivity contribution in [2.24, 2.45) is 0 Å². The zero-order valence-electron chi connectivity index (χ0n) is 10.2. The van der Waals surface area contributed by atoms with Crippen LogP contribution in [0.25, 0.3) is 0 Å². The van der Waals surface area contributed by atoms with Gasteiger partial charge in [0, 0.05) is 5.69 Å². The normalized spacial score (nSPS) is 13.3. The van der Waals surface area contributed by atoms with Crippen LogP contribution in [0.5, 0.6) is 0 Å². The maximum Gasteiger partial charge on any atom is 0.0376 e. The van der Waals surface area contributed by atoms with Gasteiger partial charge in [-0.1, -0.05) is 38.1 Å². The number of anilines is 1. The van der Waals surface area contributed by atoms with Crippen LogP contribution in [-0.2, 0) is 6.42 Å². The third-order valence-electron chi connectivity index (χ3n) is 2.88. The van der Waals surface area contributed by atoms with Crippen molar-refractivity contribution in [2.75, 3.05) is 5.73 Å². The van der Waals surface area contributed by atoms with Gasteiger partial charge in [0.25, 0.3) is 0 Å². The first-order valence-electron chi connectivity index (χ1n) is 5.61. The molecule has 0 aromatic heterocycles. The predicted molar refractivity (Wildman–Crippen MR) is 68.2 cm³/mol. The summed E-state index contributed by atoms with van der Waals surface area (Å²) in [6, 6.07) is 4.42. The third kappa shape index (κ3) is 2.62. The van der Waals surface area contributed by atoms with Crippen molar-refractivity contribution < 1.29 is 0 Å². The van der Waals surface area contributed by atoms with Gasteiger partial charge in [-0.05, 0) is 42.9 Å². The van der Waals surface area contributed by atoms with Crippen LogP contribution in [0.4, 0.5) is 5.69 Å². The van der Waals surface area contributed by atoms with Gasteiger partial charge in [-0.15, -0.1) is 0 Å². The molecule has 1 heteroatoms. The number of nitrogen functional groups attached to an aromatic ring is 1. The van der Waals surface area contributed by atoms with E-state index in [2.05, 4.69) is 52.0 Å². The fourth-order valence-corrected chi connectivity index (χ4v) is 1.86. The highest BCUT2D eigenvalue weighted by Gasteiger charge is 2.07. The lowest BCUT2D eigenvalue weighted by Crippen LogP contribution is -2.00. The Morgan fingerprint density at radius 3 is 2.60 bits per heavy atom. The average molecular weight is 203 g/mol. The highest BCUT2D eigenvalue weighted by atomic mass is 14.6. The molecule has 1 atom stereocenters. The van der Waals surface area contributed by atoms with E-state index >= 15 is 0 Å². The van der Waals surface area contributed by atoms with Gasteiger partial charge in [0.05, 0.1) is 0 Å². The van der Waals surface area contributed by atoms with Crippen LogP contribution in [0, 0.1) is 6.92 Å². The maximum absolute atomic E-state index is 6.02. The Bertz CT molecular complexity index is 364. The summed E-state index contributed by atoms with van der Waals surface area (Å²) in [7, 11) is 0. The van der Waals surface area contributed by atoms with Crippen molar-refractivity contribution in [2.45, 2.75) is 40.0 Å². The summed E-state index contributed by atoms with van der Waals surface area (Å²) in [6.45, 7) is 8.50. The smallest absolute Gasteiger partial charge is 0.0376 e. The molecule has 0 amide bonds. The first kappa shape index (κ1) is 11.8. The molecule has 2 N–H and O–H groups in total. The number of hydrogen-bond acceptors (Lipinski definition) is 1. The van der Waals surface area contributed by atoms with E-state index in [1.165, 1.54) is 16.7 Å². The monoisotopic (exact) mass is 203 g/mol. The molecule has 1 rings (SSSR count). The molecule has 0 fully saturated rings. The van der Waals surface area contributed by atoms with Gasteiger partial charge in [0.1, 0.15) is 0 Å². The van der Waals surface area contributed by atoms with E-state index in [0.29, 0.717) is 5.92 Å². The number of nitrogens with two attached hydrogens (primary N) is 1. The van der Waals surface area contributed by atoms with Gasteiger partial charge in [-0.3, -0.25) is 0 Å². The van der Waals surface area contributed by atoms with Crippen molar-refractivity contribution >= 4 is 5.69 Å². The molecule has 0 aliphatic rings. The molecule has 82 valence electrons. The van der Waals surface area contributed by atoms with Crippen LogP contribution in [0.3, 0.4) is 0 Å². The molecule has 0 heterocycles. The minimum Gasteiger partial charge on any atom is -0.398 e. The van der Waals surface area contributed by atoms with Crippen LogP contribution in [0.2, 0.25) is 0 Å². The molecule has 0 aliphatic carbocycles. The summed E-state index contributed by atoms with van der Waals surface area (Å²) in [5, 5.41) is 0. The Labute approximate surface area is 93.0 Å². The molecule has 1 nitrogen and oxygen atoms in total. The second kappa shape index (κ2) is 5.01. The molecule has 1 aromatic rings. The van der Waals surface area contributed by atoms with Gasteiger partial charge < -0.3 is 5.73 Å². The summed E-state index contributed by atoms with van der Waals surface area (Å²) in [4.78, 5) is 0. The quantitative estimate of drug-likeness (QED) is 0.586. The van der Waals surface area contributed by atoms with Crippen LogP contribution >= 0.6 is 0 Å². The molecule has 15 heavy (non-hydrogen) atoms. The van der Waals surface area contributed by atoms with E-state index in [1.807, 2.05) is 0 Å². The zero-order chi connectivity index (χ0) is 11.4. The summed E-state index contributed by atoms with van der Waals surface area (Å²) >= 11 is 0. The largest absolute Gasteiger partial charge is 0.398 e. The van der Waals surface area contributed by atoms with Crippen molar-refractivity contribution in [1.29, 1.82) is 0 Å². The van der Waals surface area contributed by atoms with Crippen molar-refractivity contribution in [3.63, 3.8) is 0 Å².